The number of rotatable bonds is 7. The largest absolute Gasteiger partial charge is 0.392 e. The molecule has 1 aromatic rings. The molecule has 1 aromatic carbocycles. The zero-order chi connectivity index (χ0) is 17.6. The summed E-state index contributed by atoms with van der Waals surface area (Å²) in [5.41, 5.74) is 0.550. The van der Waals surface area contributed by atoms with Crippen LogP contribution in [0.4, 0.5) is 4.79 Å². The van der Waals surface area contributed by atoms with Gasteiger partial charge in [-0.15, -0.1) is 0 Å². The zero-order valence-electron chi connectivity index (χ0n) is 14.6. The van der Waals surface area contributed by atoms with Gasteiger partial charge in [0.25, 0.3) is 0 Å². The molecule has 23 heavy (non-hydrogen) atoms. The van der Waals surface area contributed by atoms with Crippen LogP contribution in [0, 0.1) is 11.3 Å². The molecule has 0 aliphatic heterocycles. The van der Waals surface area contributed by atoms with Crippen LogP contribution < -0.4 is 10.6 Å². The number of aliphatic hydroxyl groups excluding tert-OH is 1. The number of hydrogen-bond acceptors (Lipinski definition) is 3. The lowest BCUT2D eigenvalue weighted by Crippen LogP contribution is -2.46. The average molecular weight is 340 g/mol. The van der Waals surface area contributed by atoms with Gasteiger partial charge in [0.05, 0.1) is 6.10 Å². The normalized spacial score (nSPS) is 14.4. The maximum Gasteiger partial charge on any atom is 0.315 e. The Balaban J connectivity index is 2.44. The second kappa shape index (κ2) is 8.45. The summed E-state index contributed by atoms with van der Waals surface area (Å²) in [4.78, 5) is 12.6. The number of aliphatic hydroxyl groups is 1. The van der Waals surface area contributed by atoms with Gasteiger partial charge in [-0.1, -0.05) is 39.8 Å². The second-order valence-electron chi connectivity index (χ2n) is 6.81. The van der Waals surface area contributed by atoms with Gasteiger partial charge < -0.3 is 15.7 Å². The molecule has 0 aliphatic rings. The minimum atomic E-state index is -0.995. The van der Waals surface area contributed by atoms with Crippen molar-refractivity contribution in [3.05, 3.63) is 29.8 Å². The first kappa shape index (κ1) is 19.6. The topological polar surface area (TPSA) is 78.4 Å². The number of hydrogen-bond donors (Lipinski definition) is 3. The van der Waals surface area contributed by atoms with E-state index in [2.05, 4.69) is 10.6 Å². The summed E-state index contributed by atoms with van der Waals surface area (Å²) >= 11 is 0. The van der Waals surface area contributed by atoms with Crippen LogP contribution in [0.5, 0.6) is 0 Å². The smallest absolute Gasteiger partial charge is 0.315 e. The molecule has 0 radical (unpaired) electrons. The van der Waals surface area contributed by atoms with Gasteiger partial charge in [0.2, 0.25) is 0 Å². The summed E-state index contributed by atoms with van der Waals surface area (Å²) in [6, 6.07) is 7.03. The lowest BCUT2D eigenvalue weighted by Gasteiger charge is -2.33. The minimum Gasteiger partial charge on any atom is -0.392 e. The van der Waals surface area contributed by atoms with E-state index in [-0.39, 0.29) is 11.9 Å². The molecular formula is C17H28N2O3S. The van der Waals surface area contributed by atoms with Crippen molar-refractivity contribution in [2.75, 3.05) is 12.8 Å². The van der Waals surface area contributed by atoms with E-state index in [1.54, 1.807) is 18.4 Å². The molecule has 1 rings (SSSR count). The van der Waals surface area contributed by atoms with Gasteiger partial charge in [-0.2, -0.15) is 0 Å². The molecule has 2 amide bonds. The molecule has 130 valence electrons. The molecule has 6 heteroatoms. The van der Waals surface area contributed by atoms with Crippen LogP contribution in [0.25, 0.3) is 0 Å². The molecule has 0 fully saturated rings. The first-order chi connectivity index (χ1) is 10.6. The summed E-state index contributed by atoms with van der Waals surface area (Å²) < 4.78 is 11.3. The third-order valence-corrected chi connectivity index (χ3v) is 4.78. The van der Waals surface area contributed by atoms with E-state index < -0.39 is 22.3 Å². The van der Waals surface area contributed by atoms with E-state index in [0.717, 1.165) is 10.5 Å². The molecule has 2 unspecified atom stereocenters. The summed E-state index contributed by atoms with van der Waals surface area (Å²) in [5.74, 6) is 0.137. The molecule has 0 saturated heterocycles. The van der Waals surface area contributed by atoms with Crippen LogP contribution in [-0.4, -0.2) is 34.3 Å². The molecule has 2 atom stereocenters. The lowest BCUT2D eigenvalue weighted by atomic mass is 9.81. The third kappa shape index (κ3) is 6.31. The van der Waals surface area contributed by atoms with E-state index in [4.69, 9.17) is 0 Å². The number of urea groups is 1. The zero-order valence-corrected chi connectivity index (χ0v) is 15.4. The van der Waals surface area contributed by atoms with Crippen molar-refractivity contribution in [2.24, 2.45) is 11.3 Å². The van der Waals surface area contributed by atoms with Crippen molar-refractivity contribution in [1.29, 1.82) is 0 Å². The van der Waals surface area contributed by atoms with Crippen LogP contribution in [0.3, 0.4) is 0 Å². The monoisotopic (exact) mass is 340 g/mol. The Labute approximate surface area is 141 Å². The Morgan fingerprint density at radius 1 is 1.22 bits per heavy atom. The van der Waals surface area contributed by atoms with Crippen molar-refractivity contribution in [3.63, 3.8) is 0 Å². The minimum absolute atomic E-state index is 0.137. The van der Waals surface area contributed by atoms with Gasteiger partial charge in [-0.25, -0.2) is 4.79 Å². The maximum absolute atomic E-state index is 11.9. The lowest BCUT2D eigenvalue weighted by molar-refractivity contribution is 0.0151. The summed E-state index contributed by atoms with van der Waals surface area (Å²) in [7, 11) is -0.995. The van der Waals surface area contributed by atoms with Crippen LogP contribution >= 0.6 is 0 Å². The van der Waals surface area contributed by atoms with Gasteiger partial charge in [0.1, 0.15) is 0 Å². The molecule has 0 aliphatic carbocycles. The van der Waals surface area contributed by atoms with Gasteiger partial charge in [0.15, 0.2) is 0 Å². The van der Waals surface area contributed by atoms with Crippen LogP contribution in [0.1, 0.15) is 33.3 Å². The molecule has 5 nitrogen and oxygen atoms in total. The standard InChI is InChI=1S/C17H28N2O3S/c1-12(2)15(20)17(3,4)11-19-16(21)18-10-13-6-8-14(9-7-13)23(5)22/h6-9,12,15,20H,10-11H2,1-5H3,(H2,18,19,21). The van der Waals surface area contributed by atoms with Crippen molar-refractivity contribution in [3.8, 4) is 0 Å². The Hall–Kier alpha value is -1.40. The first-order valence-electron chi connectivity index (χ1n) is 7.75. The van der Waals surface area contributed by atoms with E-state index in [1.165, 1.54) is 0 Å². The molecule has 3 N–H and O–H groups in total. The van der Waals surface area contributed by atoms with Crippen molar-refractivity contribution >= 4 is 16.8 Å². The predicted octanol–water partition coefficient (Wildman–Crippen LogP) is 2.27. The summed E-state index contributed by atoms with van der Waals surface area (Å²) in [6.45, 7) is 8.57. The molecule has 0 aromatic heterocycles. The maximum atomic E-state index is 11.9. The Kier molecular flexibility index (Phi) is 7.22. The quantitative estimate of drug-likeness (QED) is 0.712. The average Bonchev–Trinajstić information content (AvgIpc) is 2.50. The van der Waals surface area contributed by atoms with Crippen molar-refractivity contribution in [1.82, 2.24) is 10.6 Å². The number of carbonyl (C=O) groups excluding carboxylic acids is 1. The highest BCUT2D eigenvalue weighted by molar-refractivity contribution is 7.84. The highest BCUT2D eigenvalue weighted by Crippen LogP contribution is 2.24. The van der Waals surface area contributed by atoms with Gasteiger partial charge in [-0.3, -0.25) is 4.21 Å². The molecular weight excluding hydrogens is 312 g/mol. The number of nitrogens with one attached hydrogen (secondary N) is 2. The van der Waals surface area contributed by atoms with Gasteiger partial charge in [-0.05, 0) is 23.6 Å². The van der Waals surface area contributed by atoms with Crippen LogP contribution in [-0.2, 0) is 17.3 Å². The van der Waals surface area contributed by atoms with Crippen LogP contribution in [0.15, 0.2) is 29.2 Å². The fraction of sp³-hybridized carbons (Fsp3) is 0.588. The second-order valence-corrected chi connectivity index (χ2v) is 8.19. The Bertz CT molecular complexity index is 541. The Morgan fingerprint density at radius 2 is 1.78 bits per heavy atom. The SMILES string of the molecule is CC(C)C(O)C(C)(C)CNC(=O)NCc1ccc(S(C)=O)cc1. The Morgan fingerprint density at radius 3 is 2.26 bits per heavy atom. The molecule has 0 spiro atoms. The number of amides is 2. The van der Waals surface area contributed by atoms with E-state index in [9.17, 15) is 14.1 Å². The number of benzene rings is 1. The molecule has 0 heterocycles. The van der Waals surface area contributed by atoms with Crippen molar-refractivity contribution in [2.45, 2.75) is 45.2 Å². The van der Waals surface area contributed by atoms with Gasteiger partial charge >= 0.3 is 6.03 Å². The predicted molar refractivity (Wildman–Crippen MR) is 93.6 cm³/mol. The summed E-state index contributed by atoms with van der Waals surface area (Å²) in [6.07, 6.45) is 1.15. The third-order valence-electron chi connectivity index (χ3n) is 3.85. The molecule has 0 bridgehead atoms. The van der Waals surface area contributed by atoms with E-state index >= 15 is 0 Å². The van der Waals surface area contributed by atoms with E-state index in [0.29, 0.717) is 13.1 Å². The van der Waals surface area contributed by atoms with E-state index in [1.807, 2.05) is 39.8 Å². The highest BCUT2D eigenvalue weighted by atomic mass is 32.2. The van der Waals surface area contributed by atoms with Crippen molar-refractivity contribution < 1.29 is 14.1 Å². The van der Waals surface area contributed by atoms with Gasteiger partial charge in [0, 0.05) is 40.5 Å². The number of carbonyl (C=O) groups is 1. The fourth-order valence-electron chi connectivity index (χ4n) is 2.36. The van der Waals surface area contributed by atoms with Crippen LogP contribution in [0.2, 0.25) is 0 Å². The molecule has 0 saturated carbocycles. The highest BCUT2D eigenvalue weighted by Gasteiger charge is 2.30. The first-order valence-corrected chi connectivity index (χ1v) is 9.31. The summed E-state index contributed by atoms with van der Waals surface area (Å²) in [5, 5.41) is 15.7. The fourth-order valence-corrected chi connectivity index (χ4v) is 2.88.